The van der Waals surface area contributed by atoms with Crippen molar-refractivity contribution < 1.29 is 19.2 Å². The van der Waals surface area contributed by atoms with Crippen LogP contribution < -0.4 is 0 Å². The minimum atomic E-state index is -0.648. The van der Waals surface area contributed by atoms with Gasteiger partial charge < -0.3 is 0 Å². The molecule has 3 nitrogen and oxygen atoms in total. The Kier molecular flexibility index (Phi) is 2.57. The minimum absolute atomic E-state index is 0.0396. The summed E-state index contributed by atoms with van der Waals surface area (Å²) < 4.78 is 115. The van der Waals surface area contributed by atoms with E-state index in [9.17, 15) is 0 Å². The standard InChI is InChI=1S/C27H18BrN3/c28-24-17-15-23(16-18-24)27-30-25(21-9-5-2-6-10-21)29-26(31-27)22-13-11-20(12-14-22)19-7-3-1-4-8-19/h1-18H/i1D,2D,3D,4D,5D,6D,7D,8D,9D,10D,15D,16D,17D,18D. The first-order valence-electron chi connectivity index (χ1n) is 15.9. The highest BCUT2D eigenvalue weighted by atomic mass is 79.9. The van der Waals surface area contributed by atoms with Crippen LogP contribution in [0.15, 0.2) is 113 Å². The molecular formula is C27H18BrN3. The summed E-state index contributed by atoms with van der Waals surface area (Å²) >= 11 is 3.04. The maximum absolute atomic E-state index is 8.50. The molecule has 1 heterocycles. The molecular weight excluding hydrogens is 446 g/mol. The van der Waals surface area contributed by atoms with Crippen molar-refractivity contribution >= 4 is 15.9 Å². The maximum atomic E-state index is 8.50. The van der Waals surface area contributed by atoms with Gasteiger partial charge in [-0.3, -0.25) is 0 Å². The highest BCUT2D eigenvalue weighted by molar-refractivity contribution is 9.10. The Hall–Kier alpha value is -3.63. The number of benzene rings is 4. The summed E-state index contributed by atoms with van der Waals surface area (Å²) in [6.45, 7) is 0. The molecule has 0 amide bonds. The van der Waals surface area contributed by atoms with Crippen LogP contribution in [0.4, 0.5) is 0 Å². The van der Waals surface area contributed by atoms with Crippen LogP contribution in [-0.2, 0) is 0 Å². The molecule has 1 aromatic heterocycles. The average Bonchev–Trinajstić information content (AvgIpc) is 3.03. The molecule has 0 saturated carbocycles. The summed E-state index contributed by atoms with van der Waals surface area (Å²) in [6, 6.07) is -1.48. The van der Waals surface area contributed by atoms with Crippen molar-refractivity contribution in [1.29, 1.82) is 0 Å². The summed E-state index contributed by atoms with van der Waals surface area (Å²) in [7, 11) is 0. The number of aromatic nitrogens is 3. The van der Waals surface area contributed by atoms with Gasteiger partial charge in [-0.05, 0) is 23.2 Å². The van der Waals surface area contributed by atoms with Gasteiger partial charge in [0.1, 0.15) is 0 Å². The molecule has 4 aromatic carbocycles. The lowest BCUT2D eigenvalue weighted by atomic mass is 10.0. The van der Waals surface area contributed by atoms with Crippen molar-refractivity contribution in [3.05, 3.63) is 113 Å². The monoisotopic (exact) mass is 477 g/mol. The fraction of sp³-hybridized carbons (Fsp3) is 0. The van der Waals surface area contributed by atoms with Crippen LogP contribution >= 0.6 is 15.9 Å². The number of hydrogen-bond donors (Lipinski definition) is 0. The highest BCUT2D eigenvalue weighted by Gasteiger charge is 2.12. The van der Waals surface area contributed by atoms with Gasteiger partial charge in [0.15, 0.2) is 17.5 Å². The van der Waals surface area contributed by atoms with Gasteiger partial charge >= 0.3 is 0 Å². The minimum Gasteiger partial charge on any atom is -0.208 e. The van der Waals surface area contributed by atoms with Crippen molar-refractivity contribution in [2.45, 2.75) is 0 Å². The average molecular weight is 478 g/mol. The maximum Gasteiger partial charge on any atom is 0.164 e. The molecule has 0 aliphatic carbocycles. The Labute approximate surface area is 209 Å². The fourth-order valence-electron chi connectivity index (χ4n) is 2.68. The van der Waals surface area contributed by atoms with E-state index in [2.05, 4.69) is 30.9 Å². The van der Waals surface area contributed by atoms with Gasteiger partial charge in [-0.15, -0.1) is 0 Å². The third kappa shape index (κ3) is 4.30. The molecule has 0 aliphatic heterocycles. The van der Waals surface area contributed by atoms with Gasteiger partial charge in [-0.2, -0.15) is 0 Å². The van der Waals surface area contributed by atoms with Gasteiger partial charge in [0, 0.05) is 21.2 Å². The van der Waals surface area contributed by atoms with Crippen LogP contribution in [0.1, 0.15) is 19.2 Å². The molecule has 0 radical (unpaired) electrons. The Balaban J connectivity index is 1.79. The van der Waals surface area contributed by atoms with E-state index in [0.717, 1.165) is 0 Å². The summed E-state index contributed by atoms with van der Waals surface area (Å²) in [5.74, 6) is -0.878. The summed E-state index contributed by atoms with van der Waals surface area (Å²) in [5, 5.41) is 0. The Morgan fingerprint density at radius 3 is 1.42 bits per heavy atom. The normalized spacial score (nSPS) is 17.1. The highest BCUT2D eigenvalue weighted by Crippen LogP contribution is 2.27. The molecule has 0 saturated heterocycles. The van der Waals surface area contributed by atoms with Crippen LogP contribution in [0.25, 0.3) is 45.3 Å². The predicted octanol–water partition coefficient (Wildman–Crippen LogP) is 7.30. The quantitative estimate of drug-likeness (QED) is 0.272. The van der Waals surface area contributed by atoms with Crippen LogP contribution in [-0.4, -0.2) is 15.0 Å². The number of rotatable bonds is 4. The van der Waals surface area contributed by atoms with E-state index < -0.39 is 84.6 Å². The lowest BCUT2D eigenvalue weighted by molar-refractivity contribution is 1.07. The van der Waals surface area contributed by atoms with Gasteiger partial charge in [-0.25, -0.2) is 15.0 Å². The molecule has 0 N–H and O–H groups in total. The number of nitrogens with zero attached hydrogens (tertiary/aromatic N) is 3. The van der Waals surface area contributed by atoms with Crippen molar-refractivity contribution in [1.82, 2.24) is 15.0 Å². The van der Waals surface area contributed by atoms with Gasteiger partial charge in [-0.1, -0.05) is 113 Å². The lowest BCUT2D eigenvalue weighted by Crippen LogP contribution is -2.00. The van der Waals surface area contributed by atoms with Crippen LogP contribution in [0, 0.1) is 0 Å². The van der Waals surface area contributed by atoms with Crippen LogP contribution in [0.3, 0.4) is 0 Å². The first-order valence-corrected chi connectivity index (χ1v) is 9.64. The molecule has 0 fully saturated rings. The molecule has 0 unspecified atom stereocenters. The third-order valence-electron chi connectivity index (χ3n) is 4.11. The molecule has 0 spiro atoms. The molecule has 5 aromatic rings. The zero-order valence-electron chi connectivity index (χ0n) is 29.5. The Morgan fingerprint density at radius 1 is 0.452 bits per heavy atom. The fourth-order valence-corrected chi connectivity index (χ4v) is 2.88. The largest absolute Gasteiger partial charge is 0.208 e. The van der Waals surface area contributed by atoms with E-state index in [1.54, 1.807) is 0 Å². The topological polar surface area (TPSA) is 38.7 Å². The summed E-state index contributed by atoms with van der Waals surface area (Å²) in [4.78, 5) is 13.0. The second kappa shape index (κ2) is 8.62. The van der Waals surface area contributed by atoms with E-state index in [1.807, 2.05) is 0 Å². The van der Waals surface area contributed by atoms with E-state index in [-0.39, 0.29) is 49.8 Å². The number of halogens is 1. The molecule has 0 atom stereocenters. The molecule has 0 bridgehead atoms. The first kappa shape index (κ1) is 9.25. The van der Waals surface area contributed by atoms with Crippen molar-refractivity contribution in [3.63, 3.8) is 0 Å². The van der Waals surface area contributed by atoms with Gasteiger partial charge in [0.05, 0.1) is 19.2 Å². The van der Waals surface area contributed by atoms with E-state index in [0.29, 0.717) is 0 Å². The summed E-state index contributed by atoms with van der Waals surface area (Å²) in [5.41, 5.74) is -0.198. The van der Waals surface area contributed by atoms with Crippen LogP contribution in [0.2, 0.25) is 0 Å². The molecule has 4 heteroatoms. The number of hydrogen-bond acceptors (Lipinski definition) is 3. The van der Waals surface area contributed by atoms with Crippen LogP contribution in [0.5, 0.6) is 0 Å². The van der Waals surface area contributed by atoms with E-state index >= 15 is 0 Å². The predicted molar refractivity (Wildman–Crippen MR) is 129 cm³/mol. The SMILES string of the molecule is [2H]c1c([2H])c([2H])c(-c2ccc(-c3nc(-c4c([2H])c([2H])c([2H])c([2H])c4[2H])nc(-c4c([2H])c([2H])c(Br)c([2H])c4[2H])n3)cc2)c([2H])c1[2H]. The zero-order chi connectivity index (χ0) is 33.2. The zero-order valence-corrected chi connectivity index (χ0v) is 17.1. The second-order valence-corrected chi connectivity index (χ2v) is 6.87. The molecule has 148 valence electrons. The van der Waals surface area contributed by atoms with E-state index in [1.165, 1.54) is 24.3 Å². The van der Waals surface area contributed by atoms with Gasteiger partial charge in [0.25, 0.3) is 0 Å². The second-order valence-electron chi connectivity index (χ2n) is 6.07. The summed E-state index contributed by atoms with van der Waals surface area (Å²) in [6.07, 6.45) is 0. The van der Waals surface area contributed by atoms with Gasteiger partial charge in [0.2, 0.25) is 0 Å². The molecule has 5 rings (SSSR count). The first-order chi connectivity index (χ1) is 21.1. The van der Waals surface area contributed by atoms with Crippen molar-refractivity contribution in [2.24, 2.45) is 0 Å². The Morgan fingerprint density at radius 2 is 0.871 bits per heavy atom. The van der Waals surface area contributed by atoms with E-state index in [4.69, 9.17) is 19.2 Å². The molecule has 31 heavy (non-hydrogen) atoms. The molecule has 0 aliphatic rings. The van der Waals surface area contributed by atoms with Crippen molar-refractivity contribution in [2.75, 3.05) is 0 Å². The van der Waals surface area contributed by atoms with Crippen molar-refractivity contribution in [3.8, 4) is 45.3 Å². The third-order valence-corrected chi connectivity index (χ3v) is 4.51. The smallest absolute Gasteiger partial charge is 0.164 e. The Bertz CT molecular complexity index is 1890. The lowest BCUT2D eigenvalue weighted by Gasteiger charge is -2.09.